The predicted octanol–water partition coefficient (Wildman–Crippen LogP) is 4.69. The van der Waals surface area contributed by atoms with Crippen LogP contribution in [-0.4, -0.2) is 26.4 Å². The minimum Gasteiger partial charge on any atom is -0.316 e. The molecule has 25 heavy (non-hydrogen) atoms. The van der Waals surface area contributed by atoms with Gasteiger partial charge < -0.3 is 5.32 Å². The first-order valence-electron chi connectivity index (χ1n) is 8.47. The molecular weight excluding hydrogens is 350 g/mol. The third-order valence-corrected chi connectivity index (χ3v) is 6.00. The largest absolute Gasteiger partial charge is 0.316 e. The van der Waals surface area contributed by atoms with Gasteiger partial charge in [-0.25, -0.2) is 15.0 Å². The van der Waals surface area contributed by atoms with Gasteiger partial charge in [0.15, 0.2) is 5.13 Å². The molecule has 3 aromatic heterocycles. The lowest BCUT2D eigenvalue weighted by molar-refractivity contribution is 0.242. The summed E-state index contributed by atoms with van der Waals surface area (Å²) in [5.74, 6) is 0.840. The number of likely N-dealkylation sites (tertiary alicyclic amines) is 1. The molecular formula is C18H21N5S2. The molecule has 1 aliphatic rings. The highest BCUT2D eigenvalue weighted by Crippen LogP contribution is 2.35. The molecule has 0 saturated carbocycles. The van der Waals surface area contributed by atoms with E-state index in [2.05, 4.69) is 43.9 Å². The van der Waals surface area contributed by atoms with Gasteiger partial charge in [-0.15, -0.1) is 22.7 Å². The van der Waals surface area contributed by atoms with Crippen LogP contribution in [0.25, 0.3) is 0 Å². The topological polar surface area (TPSA) is 53.9 Å². The number of aryl methyl sites for hydroxylation is 2. The molecule has 4 rings (SSSR count). The van der Waals surface area contributed by atoms with Crippen molar-refractivity contribution in [3.8, 4) is 0 Å². The highest BCUT2D eigenvalue weighted by atomic mass is 32.1. The lowest BCUT2D eigenvalue weighted by atomic mass is 10.1. The van der Waals surface area contributed by atoms with Gasteiger partial charge in [-0.1, -0.05) is 6.07 Å². The molecule has 1 saturated heterocycles. The van der Waals surface area contributed by atoms with Crippen LogP contribution in [0.5, 0.6) is 0 Å². The van der Waals surface area contributed by atoms with E-state index < -0.39 is 0 Å². The third kappa shape index (κ3) is 3.89. The van der Waals surface area contributed by atoms with E-state index in [0.29, 0.717) is 6.04 Å². The van der Waals surface area contributed by atoms with Crippen molar-refractivity contribution in [2.45, 2.75) is 39.3 Å². The number of hydrogen-bond acceptors (Lipinski definition) is 7. The Bertz CT molecular complexity index is 839. The molecule has 130 valence electrons. The number of rotatable bonds is 5. The Morgan fingerprint density at radius 2 is 2.12 bits per heavy atom. The summed E-state index contributed by atoms with van der Waals surface area (Å²) in [6.45, 7) is 6.12. The zero-order valence-corrected chi connectivity index (χ0v) is 16.0. The summed E-state index contributed by atoms with van der Waals surface area (Å²) in [5, 5.41) is 9.69. The summed E-state index contributed by atoms with van der Waals surface area (Å²) in [4.78, 5) is 16.3. The summed E-state index contributed by atoms with van der Waals surface area (Å²) < 4.78 is 0. The molecule has 4 heterocycles. The predicted molar refractivity (Wildman–Crippen MR) is 104 cm³/mol. The van der Waals surface area contributed by atoms with Crippen LogP contribution in [0, 0.1) is 13.8 Å². The van der Waals surface area contributed by atoms with E-state index in [1.54, 1.807) is 22.7 Å². The van der Waals surface area contributed by atoms with Gasteiger partial charge in [-0.3, -0.25) is 4.90 Å². The number of thiazole rings is 2. The van der Waals surface area contributed by atoms with E-state index in [-0.39, 0.29) is 0 Å². The van der Waals surface area contributed by atoms with Crippen LogP contribution in [0.3, 0.4) is 0 Å². The molecule has 1 unspecified atom stereocenters. The van der Waals surface area contributed by atoms with Gasteiger partial charge in [0.25, 0.3) is 0 Å². The molecule has 0 aromatic carbocycles. The molecule has 1 fully saturated rings. The molecule has 0 bridgehead atoms. The van der Waals surface area contributed by atoms with E-state index in [1.807, 2.05) is 19.2 Å². The standard InChI is InChI=1S/C18H21N5S2/c1-12-5-6-17(19-8-12)22-18-21-15(11-25-18)16-4-3-7-23(16)9-14-10-24-13(2)20-14/h5-6,8,10-11,16H,3-4,7,9H2,1-2H3,(H,19,21,22). The second-order valence-corrected chi connectivity index (χ2v) is 8.33. The molecule has 5 nitrogen and oxygen atoms in total. The smallest absolute Gasteiger partial charge is 0.188 e. The van der Waals surface area contributed by atoms with Gasteiger partial charge >= 0.3 is 0 Å². The van der Waals surface area contributed by atoms with Crippen molar-refractivity contribution in [2.75, 3.05) is 11.9 Å². The second-order valence-electron chi connectivity index (χ2n) is 6.41. The number of pyridine rings is 1. The number of nitrogens with zero attached hydrogens (tertiary/aromatic N) is 4. The van der Waals surface area contributed by atoms with Crippen molar-refractivity contribution < 1.29 is 0 Å². The zero-order chi connectivity index (χ0) is 17.2. The fourth-order valence-electron chi connectivity index (χ4n) is 3.19. The van der Waals surface area contributed by atoms with Crippen LogP contribution in [0.4, 0.5) is 10.9 Å². The van der Waals surface area contributed by atoms with E-state index >= 15 is 0 Å². The molecule has 1 atom stereocenters. The molecule has 0 radical (unpaired) electrons. The van der Waals surface area contributed by atoms with Crippen LogP contribution < -0.4 is 5.32 Å². The molecule has 0 amide bonds. The Kier molecular flexibility index (Phi) is 4.78. The van der Waals surface area contributed by atoms with Crippen molar-refractivity contribution in [1.29, 1.82) is 0 Å². The average Bonchev–Trinajstić information content (AvgIpc) is 3.32. The molecule has 7 heteroatoms. The van der Waals surface area contributed by atoms with E-state index in [1.165, 1.54) is 12.1 Å². The van der Waals surface area contributed by atoms with Gasteiger partial charge in [0, 0.05) is 23.5 Å². The minimum atomic E-state index is 0.389. The molecule has 0 spiro atoms. The monoisotopic (exact) mass is 371 g/mol. The molecule has 0 aliphatic carbocycles. The van der Waals surface area contributed by atoms with Gasteiger partial charge in [-0.05, 0) is 44.9 Å². The fraction of sp³-hybridized carbons (Fsp3) is 0.389. The highest BCUT2D eigenvalue weighted by Gasteiger charge is 2.28. The lowest BCUT2D eigenvalue weighted by Crippen LogP contribution is -2.23. The van der Waals surface area contributed by atoms with Gasteiger partial charge in [-0.2, -0.15) is 0 Å². The van der Waals surface area contributed by atoms with Gasteiger partial charge in [0.2, 0.25) is 0 Å². The Morgan fingerprint density at radius 1 is 1.20 bits per heavy atom. The molecule has 3 aromatic rings. The van der Waals surface area contributed by atoms with E-state index in [9.17, 15) is 0 Å². The zero-order valence-electron chi connectivity index (χ0n) is 14.4. The fourth-order valence-corrected chi connectivity index (χ4v) is 4.55. The molecule has 1 N–H and O–H groups in total. The number of nitrogens with one attached hydrogen (secondary N) is 1. The number of hydrogen-bond donors (Lipinski definition) is 1. The lowest BCUT2D eigenvalue weighted by Gasteiger charge is -2.21. The van der Waals surface area contributed by atoms with E-state index in [4.69, 9.17) is 4.98 Å². The summed E-state index contributed by atoms with van der Waals surface area (Å²) in [6.07, 6.45) is 4.24. The normalized spacial score (nSPS) is 17.9. The first kappa shape index (κ1) is 16.6. The van der Waals surface area contributed by atoms with Crippen LogP contribution in [0.2, 0.25) is 0 Å². The van der Waals surface area contributed by atoms with Crippen molar-refractivity contribution in [1.82, 2.24) is 19.9 Å². The average molecular weight is 372 g/mol. The maximum Gasteiger partial charge on any atom is 0.188 e. The number of aromatic nitrogens is 3. The van der Waals surface area contributed by atoms with Crippen LogP contribution in [-0.2, 0) is 6.54 Å². The Balaban J connectivity index is 1.45. The first-order chi connectivity index (χ1) is 12.2. The van der Waals surface area contributed by atoms with Gasteiger partial charge in [0.1, 0.15) is 5.82 Å². The SMILES string of the molecule is Cc1ccc(Nc2nc(C3CCCN3Cc3csc(C)n3)cs2)nc1. The van der Waals surface area contributed by atoms with Crippen molar-refractivity contribution >= 4 is 33.6 Å². The maximum absolute atomic E-state index is 4.81. The maximum atomic E-state index is 4.81. The van der Waals surface area contributed by atoms with Crippen molar-refractivity contribution in [3.63, 3.8) is 0 Å². The minimum absolute atomic E-state index is 0.389. The molecule has 1 aliphatic heterocycles. The summed E-state index contributed by atoms with van der Waals surface area (Å²) >= 11 is 3.37. The van der Waals surface area contributed by atoms with Crippen LogP contribution in [0.1, 0.15) is 40.8 Å². The van der Waals surface area contributed by atoms with Crippen LogP contribution in [0.15, 0.2) is 29.1 Å². The van der Waals surface area contributed by atoms with Crippen molar-refractivity contribution in [2.24, 2.45) is 0 Å². The third-order valence-electron chi connectivity index (χ3n) is 4.41. The summed E-state index contributed by atoms with van der Waals surface area (Å²) in [7, 11) is 0. The Hall–Kier alpha value is -1.83. The second kappa shape index (κ2) is 7.19. The highest BCUT2D eigenvalue weighted by molar-refractivity contribution is 7.13. The Labute approximate surface area is 155 Å². The van der Waals surface area contributed by atoms with E-state index in [0.717, 1.165) is 46.7 Å². The Morgan fingerprint density at radius 3 is 2.88 bits per heavy atom. The summed E-state index contributed by atoms with van der Waals surface area (Å²) in [5.41, 5.74) is 3.49. The van der Waals surface area contributed by atoms with Crippen molar-refractivity contribution in [3.05, 3.63) is 51.0 Å². The van der Waals surface area contributed by atoms with Crippen LogP contribution >= 0.6 is 22.7 Å². The summed E-state index contributed by atoms with van der Waals surface area (Å²) in [6, 6.07) is 4.43. The van der Waals surface area contributed by atoms with Gasteiger partial charge in [0.05, 0.1) is 22.4 Å². The number of anilines is 2. The first-order valence-corrected chi connectivity index (χ1v) is 10.2. The quantitative estimate of drug-likeness (QED) is 0.705.